The van der Waals surface area contributed by atoms with Gasteiger partial charge in [0.1, 0.15) is 5.69 Å². The Morgan fingerprint density at radius 2 is 1.96 bits per heavy atom. The van der Waals surface area contributed by atoms with Crippen LogP contribution >= 0.6 is 11.3 Å². The third-order valence-electron chi connectivity index (χ3n) is 5.53. The largest absolute Gasteiger partial charge is 0.349 e. The highest BCUT2D eigenvalue weighted by Gasteiger charge is 2.40. The molecule has 1 aliphatic carbocycles. The van der Waals surface area contributed by atoms with Gasteiger partial charge in [-0.1, -0.05) is 26.7 Å². The first-order valence-electron chi connectivity index (χ1n) is 9.17. The van der Waals surface area contributed by atoms with E-state index in [0.717, 1.165) is 37.7 Å². The number of carbonyl (C=O) groups excluding carboxylic acids is 1. The Labute approximate surface area is 149 Å². The highest BCUT2D eigenvalue weighted by atomic mass is 32.1. The highest BCUT2D eigenvalue weighted by Crippen LogP contribution is 2.35. The van der Waals surface area contributed by atoms with Gasteiger partial charge in [0.2, 0.25) is 0 Å². The molecule has 0 unspecified atom stereocenters. The SMILES string of the molecule is CC(C)c1nc(C(=O)NCC2(N3CCN(C)CC3)CCCC2)cs1. The molecule has 24 heavy (non-hydrogen) atoms. The summed E-state index contributed by atoms with van der Waals surface area (Å²) in [5, 5.41) is 6.12. The van der Waals surface area contributed by atoms with Crippen LogP contribution in [0.4, 0.5) is 0 Å². The maximum Gasteiger partial charge on any atom is 0.270 e. The van der Waals surface area contributed by atoms with Crippen molar-refractivity contribution in [1.29, 1.82) is 0 Å². The number of amides is 1. The molecule has 134 valence electrons. The van der Waals surface area contributed by atoms with Crippen LogP contribution in [0, 0.1) is 0 Å². The normalized spacial score (nSPS) is 22.2. The molecule has 0 aromatic carbocycles. The zero-order valence-corrected chi connectivity index (χ0v) is 16.0. The van der Waals surface area contributed by atoms with Crippen LogP contribution in [-0.4, -0.2) is 66.0 Å². The second-order valence-electron chi connectivity index (χ2n) is 7.63. The minimum atomic E-state index is -0.0152. The molecular formula is C18H30N4OS. The third kappa shape index (κ3) is 3.81. The van der Waals surface area contributed by atoms with Gasteiger partial charge < -0.3 is 10.2 Å². The summed E-state index contributed by atoms with van der Waals surface area (Å²) in [5.41, 5.74) is 0.739. The van der Waals surface area contributed by atoms with Crippen molar-refractivity contribution in [2.45, 2.75) is 51.0 Å². The van der Waals surface area contributed by atoms with Gasteiger partial charge in [-0.15, -0.1) is 11.3 Å². The van der Waals surface area contributed by atoms with E-state index in [4.69, 9.17) is 0 Å². The second-order valence-corrected chi connectivity index (χ2v) is 8.52. The van der Waals surface area contributed by atoms with Gasteiger partial charge in [-0.3, -0.25) is 9.69 Å². The minimum Gasteiger partial charge on any atom is -0.349 e. The molecule has 0 radical (unpaired) electrons. The molecule has 0 spiro atoms. The Hall–Kier alpha value is -0.980. The van der Waals surface area contributed by atoms with Gasteiger partial charge in [-0.2, -0.15) is 0 Å². The maximum atomic E-state index is 12.5. The molecule has 6 heteroatoms. The van der Waals surface area contributed by atoms with E-state index in [9.17, 15) is 4.79 Å². The van der Waals surface area contributed by atoms with E-state index in [2.05, 4.69) is 41.0 Å². The fraction of sp³-hybridized carbons (Fsp3) is 0.778. The average Bonchev–Trinajstić information content (AvgIpc) is 3.23. The molecule has 1 aromatic heterocycles. The molecule has 2 heterocycles. The lowest BCUT2D eigenvalue weighted by Gasteiger charge is -2.45. The van der Waals surface area contributed by atoms with Crippen LogP contribution in [0.3, 0.4) is 0 Å². The van der Waals surface area contributed by atoms with E-state index < -0.39 is 0 Å². The van der Waals surface area contributed by atoms with E-state index in [-0.39, 0.29) is 11.4 Å². The van der Waals surface area contributed by atoms with Gasteiger partial charge in [0.25, 0.3) is 5.91 Å². The number of carbonyl (C=O) groups is 1. The lowest BCUT2D eigenvalue weighted by atomic mass is 9.93. The van der Waals surface area contributed by atoms with Crippen molar-refractivity contribution in [2.24, 2.45) is 0 Å². The summed E-state index contributed by atoms with van der Waals surface area (Å²) >= 11 is 1.58. The molecule has 2 aliphatic rings. The smallest absolute Gasteiger partial charge is 0.270 e. The molecule has 1 saturated heterocycles. The van der Waals surface area contributed by atoms with Crippen molar-refractivity contribution in [3.63, 3.8) is 0 Å². The first-order valence-corrected chi connectivity index (χ1v) is 10.1. The number of nitrogens with one attached hydrogen (secondary N) is 1. The average molecular weight is 351 g/mol. The van der Waals surface area contributed by atoms with Gasteiger partial charge in [-0.05, 0) is 19.9 Å². The van der Waals surface area contributed by atoms with Crippen molar-refractivity contribution in [3.8, 4) is 0 Å². The Balaban J connectivity index is 1.62. The number of piperazine rings is 1. The topological polar surface area (TPSA) is 48.5 Å². The minimum absolute atomic E-state index is 0.0152. The lowest BCUT2D eigenvalue weighted by Crippen LogP contribution is -2.59. The molecule has 0 bridgehead atoms. The summed E-state index contributed by atoms with van der Waals surface area (Å²) in [7, 11) is 2.19. The summed E-state index contributed by atoms with van der Waals surface area (Å²) in [6.07, 6.45) is 4.95. The molecule has 2 fully saturated rings. The Bertz CT molecular complexity index is 557. The van der Waals surface area contributed by atoms with Crippen molar-refractivity contribution in [2.75, 3.05) is 39.8 Å². The van der Waals surface area contributed by atoms with Crippen LogP contribution in [0.15, 0.2) is 5.38 Å². The first-order chi connectivity index (χ1) is 11.5. The highest BCUT2D eigenvalue weighted by molar-refractivity contribution is 7.09. The van der Waals surface area contributed by atoms with Gasteiger partial charge in [0.15, 0.2) is 0 Å². The van der Waals surface area contributed by atoms with E-state index in [0.29, 0.717) is 11.6 Å². The van der Waals surface area contributed by atoms with Gasteiger partial charge in [0, 0.05) is 49.6 Å². The standard InChI is InChI=1S/C18H30N4OS/c1-14(2)17-20-15(12-24-17)16(23)19-13-18(6-4-5-7-18)22-10-8-21(3)9-11-22/h12,14H,4-11,13H2,1-3H3,(H,19,23). The Morgan fingerprint density at radius 1 is 1.29 bits per heavy atom. The van der Waals surface area contributed by atoms with E-state index in [1.807, 2.05) is 5.38 Å². The number of hydrogen-bond donors (Lipinski definition) is 1. The van der Waals surface area contributed by atoms with Gasteiger partial charge >= 0.3 is 0 Å². The van der Waals surface area contributed by atoms with Crippen LogP contribution in [0.5, 0.6) is 0 Å². The van der Waals surface area contributed by atoms with Gasteiger partial charge in [-0.25, -0.2) is 4.98 Å². The molecule has 3 rings (SSSR count). The number of likely N-dealkylation sites (N-methyl/N-ethyl adjacent to an activating group) is 1. The summed E-state index contributed by atoms with van der Waals surface area (Å²) in [4.78, 5) is 22.0. The van der Waals surface area contributed by atoms with Crippen LogP contribution in [-0.2, 0) is 0 Å². The number of rotatable bonds is 5. The van der Waals surface area contributed by atoms with E-state index >= 15 is 0 Å². The predicted octanol–water partition coefficient (Wildman–Crippen LogP) is 2.56. The Morgan fingerprint density at radius 3 is 2.54 bits per heavy atom. The summed E-state index contributed by atoms with van der Waals surface area (Å²) < 4.78 is 0. The summed E-state index contributed by atoms with van der Waals surface area (Å²) in [6.45, 7) is 9.45. The van der Waals surface area contributed by atoms with Crippen LogP contribution < -0.4 is 5.32 Å². The van der Waals surface area contributed by atoms with Crippen LogP contribution in [0.25, 0.3) is 0 Å². The Kier molecular flexibility index (Phi) is 5.57. The molecule has 1 N–H and O–H groups in total. The lowest BCUT2D eigenvalue weighted by molar-refractivity contribution is 0.0414. The molecule has 1 aliphatic heterocycles. The van der Waals surface area contributed by atoms with Crippen molar-refractivity contribution >= 4 is 17.2 Å². The monoisotopic (exact) mass is 350 g/mol. The molecule has 1 saturated carbocycles. The maximum absolute atomic E-state index is 12.5. The van der Waals surface area contributed by atoms with Gasteiger partial charge in [0.05, 0.1) is 5.01 Å². The zero-order chi connectivity index (χ0) is 17.2. The number of nitrogens with zero attached hydrogens (tertiary/aromatic N) is 3. The summed E-state index contributed by atoms with van der Waals surface area (Å²) in [6, 6.07) is 0. The molecular weight excluding hydrogens is 320 g/mol. The molecule has 1 amide bonds. The molecule has 5 nitrogen and oxygen atoms in total. The number of aromatic nitrogens is 1. The summed E-state index contributed by atoms with van der Waals surface area (Å²) in [5.74, 6) is 0.363. The van der Waals surface area contributed by atoms with Crippen LogP contribution in [0.1, 0.15) is 60.9 Å². The van der Waals surface area contributed by atoms with Crippen LogP contribution in [0.2, 0.25) is 0 Å². The predicted molar refractivity (Wildman–Crippen MR) is 98.8 cm³/mol. The second kappa shape index (κ2) is 7.50. The molecule has 0 atom stereocenters. The third-order valence-corrected chi connectivity index (χ3v) is 6.68. The fourth-order valence-corrected chi connectivity index (χ4v) is 4.73. The zero-order valence-electron chi connectivity index (χ0n) is 15.2. The number of thiazole rings is 1. The van der Waals surface area contributed by atoms with E-state index in [1.54, 1.807) is 11.3 Å². The molecule has 1 aromatic rings. The quantitative estimate of drug-likeness (QED) is 0.887. The van der Waals surface area contributed by atoms with Crippen molar-refractivity contribution in [3.05, 3.63) is 16.1 Å². The van der Waals surface area contributed by atoms with Crippen molar-refractivity contribution in [1.82, 2.24) is 20.1 Å². The fourth-order valence-electron chi connectivity index (χ4n) is 3.91. The van der Waals surface area contributed by atoms with E-state index in [1.165, 1.54) is 25.7 Å². The van der Waals surface area contributed by atoms with Crippen molar-refractivity contribution < 1.29 is 4.79 Å². The first kappa shape index (κ1) is 17.8. The number of hydrogen-bond acceptors (Lipinski definition) is 5.